The summed E-state index contributed by atoms with van der Waals surface area (Å²) < 4.78 is 6.58. The number of furan rings is 1. The summed E-state index contributed by atoms with van der Waals surface area (Å²) in [7, 11) is 0. The molecule has 0 bridgehead atoms. The van der Waals surface area contributed by atoms with Crippen LogP contribution in [0, 0.1) is 17.9 Å². The van der Waals surface area contributed by atoms with Gasteiger partial charge < -0.3 is 4.42 Å². The molecule has 7 rings (SSSR count). The van der Waals surface area contributed by atoms with Crippen LogP contribution in [-0.4, -0.2) is 0 Å². The SMILES string of the molecule is [C-]#[N+]c1cc(C#N)cc(-c2ccc(-c3cccc4oc5c(-c6ccccc6)cc(-c6ccccc6)cc5c34)cc2)c1. The third kappa shape index (κ3) is 4.33. The highest BCUT2D eigenvalue weighted by molar-refractivity contribution is 6.16. The van der Waals surface area contributed by atoms with Crippen molar-refractivity contribution in [1.29, 1.82) is 5.26 Å². The zero-order chi connectivity index (χ0) is 27.8. The van der Waals surface area contributed by atoms with Gasteiger partial charge in [0.25, 0.3) is 0 Å². The van der Waals surface area contributed by atoms with E-state index in [9.17, 15) is 5.26 Å². The second kappa shape index (κ2) is 10.0. The van der Waals surface area contributed by atoms with Gasteiger partial charge >= 0.3 is 0 Å². The van der Waals surface area contributed by atoms with Gasteiger partial charge in [-0.05, 0) is 75.3 Å². The zero-order valence-corrected chi connectivity index (χ0v) is 22.0. The fourth-order valence-electron chi connectivity index (χ4n) is 5.55. The predicted octanol–water partition coefficient (Wildman–Crippen LogP) is 10.7. The molecule has 41 heavy (non-hydrogen) atoms. The Morgan fingerprint density at radius 3 is 1.90 bits per heavy atom. The van der Waals surface area contributed by atoms with E-state index in [1.165, 1.54) is 0 Å². The van der Waals surface area contributed by atoms with Crippen molar-refractivity contribution >= 4 is 27.6 Å². The van der Waals surface area contributed by atoms with Gasteiger partial charge in [0.1, 0.15) is 11.2 Å². The van der Waals surface area contributed by atoms with Crippen molar-refractivity contribution < 1.29 is 4.42 Å². The highest BCUT2D eigenvalue weighted by atomic mass is 16.3. The van der Waals surface area contributed by atoms with E-state index in [4.69, 9.17) is 11.0 Å². The molecule has 0 N–H and O–H groups in total. The molecule has 0 amide bonds. The van der Waals surface area contributed by atoms with Crippen molar-refractivity contribution in [2.24, 2.45) is 0 Å². The first-order chi connectivity index (χ1) is 20.2. The minimum absolute atomic E-state index is 0.459. The minimum atomic E-state index is 0.459. The molecule has 0 atom stereocenters. The van der Waals surface area contributed by atoms with Gasteiger partial charge in [-0.1, -0.05) is 97.1 Å². The van der Waals surface area contributed by atoms with Gasteiger partial charge in [-0.2, -0.15) is 5.26 Å². The van der Waals surface area contributed by atoms with E-state index in [1.807, 2.05) is 48.5 Å². The molecule has 3 nitrogen and oxygen atoms in total. The number of hydrogen-bond donors (Lipinski definition) is 0. The molecule has 0 fully saturated rings. The average molecular weight is 523 g/mol. The lowest BCUT2D eigenvalue weighted by Gasteiger charge is -2.09. The van der Waals surface area contributed by atoms with Crippen LogP contribution in [0.2, 0.25) is 0 Å². The maximum atomic E-state index is 9.41. The summed E-state index contributed by atoms with van der Waals surface area (Å²) in [6, 6.07) is 47.2. The molecular weight excluding hydrogens is 500 g/mol. The Hall–Kier alpha value is -5.90. The van der Waals surface area contributed by atoms with Crippen LogP contribution in [0.4, 0.5) is 5.69 Å². The van der Waals surface area contributed by atoms with E-state index in [2.05, 4.69) is 89.8 Å². The fraction of sp³-hybridized carbons (Fsp3) is 0. The van der Waals surface area contributed by atoms with Gasteiger partial charge in [0.05, 0.1) is 12.6 Å². The first-order valence-corrected chi connectivity index (χ1v) is 13.4. The summed E-state index contributed by atoms with van der Waals surface area (Å²) in [5, 5.41) is 11.6. The summed E-state index contributed by atoms with van der Waals surface area (Å²) in [5.74, 6) is 0. The lowest BCUT2D eigenvalue weighted by Crippen LogP contribution is -1.85. The van der Waals surface area contributed by atoms with Crippen LogP contribution >= 0.6 is 0 Å². The second-order valence-electron chi connectivity index (χ2n) is 9.98. The van der Waals surface area contributed by atoms with Gasteiger partial charge in [-0.15, -0.1) is 0 Å². The smallest absolute Gasteiger partial charge is 0.189 e. The van der Waals surface area contributed by atoms with E-state index in [0.717, 1.165) is 66.4 Å². The second-order valence-corrected chi connectivity index (χ2v) is 9.98. The number of fused-ring (bicyclic) bond motifs is 3. The van der Waals surface area contributed by atoms with Crippen LogP contribution in [0.25, 0.3) is 71.3 Å². The van der Waals surface area contributed by atoms with Crippen molar-refractivity contribution in [3.8, 4) is 50.6 Å². The third-order valence-electron chi connectivity index (χ3n) is 7.49. The number of rotatable bonds is 4. The first kappa shape index (κ1) is 24.2. The molecule has 1 heterocycles. The minimum Gasteiger partial charge on any atom is -0.455 e. The average Bonchev–Trinajstić information content (AvgIpc) is 3.44. The molecular formula is C38H22N2O. The maximum absolute atomic E-state index is 9.41. The fourth-order valence-corrected chi connectivity index (χ4v) is 5.55. The standard InChI is InChI=1S/C38H22N2O/c1-40-32-20-25(24-39)19-30(21-32)27-15-17-29(18-16-27)33-13-8-14-36-37(33)35-23-31(26-9-4-2-5-10-26)22-34(38(35)41-36)28-11-6-3-7-12-28/h2-23H. The molecule has 0 aliphatic heterocycles. The van der Waals surface area contributed by atoms with Gasteiger partial charge in [0, 0.05) is 21.9 Å². The monoisotopic (exact) mass is 522 g/mol. The lowest BCUT2D eigenvalue weighted by molar-refractivity contribution is 0.670. The van der Waals surface area contributed by atoms with Gasteiger partial charge in [-0.3, -0.25) is 0 Å². The molecule has 190 valence electrons. The molecule has 0 aliphatic carbocycles. The number of hydrogen-bond acceptors (Lipinski definition) is 2. The van der Waals surface area contributed by atoms with Crippen molar-refractivity contribution in [2.75, 3.05) is 0 Å². The molecule has 0 aliphatic rings. The van der Waals surface area contributed by atoms with E-state index in [-0.39, 0.29) is 0 Å². The van der Waals surface area contributed by atoms with Crippen LogP contribution in [-0.2, 0) is 0 Å². The first-order valence-electron chi connectivity index (χ1n) is 13.4. The third-order valence-corrected chi connectivity index (χ3v) is 7.49. The van der Waals surface area contributed by atoms with E-state index < -0.39 is 0 Å². The lowest BCUT2D eigenvalue weighted by atomic mass is 9.93. The van der Waals surface area contributed by atoms with Crippen molar-refractivity contribution in [3.05, 3.63) is 150 Å². The number of nitrogens with zero attached hydrogens (tertiary/aromatic N) is 2. The van der Waals surface area contributed by atoms with Gasteiger partial charge in [0.2, 0.25) is 0 Å². The van der Waals surface area contributed by atoms with Crippen LogP contribution in [0.1, 0.15) is 5.56 Å². The molecule has 0 unspecified atom stereocenters. The Balaban J connectivity index is 1.43. The topological polar surface area (TPSA) is 41.3 Å². The normalized spacial score (nSPS) is 10.9. The van der Waals surface area contributed by atoms with Crippen LogP contribution in [0.15, 0.2) is 138 Å². The maximum Gasteiger partial charge on any atom is 0.189 e. The quantitative estimate of drug-likeness (QED) is 0.216. The molecule has 6 aromatic carbocycles. The molecule has 7 aromatic rings. The molecule has 0 radical (unpaired) electrons. The number of nitriles is 1. The molecule has 1 aromatic heterocycles. The van der Waals surface area contributed by atoms with Crippen molar-refractivity contribution in [1.82, 2.24) is 0 Å². The highest BCUT2D eigenvalue weighted by Gasteiger charge is 2.18. The Bertz CT molecular complexity index is 2110. The Labute approximate surface area is 238 Å². The van der Waals surface area contributed by atoms with Crippen molar-refractivity contribution in [2.45, 2.75) is 0 Å². The van der Waals surface area contributed by atoms with Crippen LogP contribution in [0.5, 0.6) is 0 Å². The molecule has 3 heteroatoms. The highest BCUT2D eigenvalue weighted by Crippen LogP contribution is 2.43. The van der Waals surface area contributed by atoms with Crippen LogP contribution < -0.4 is 0 Å². The summed E-state index contributed by atoms with van der Waals surface area (Å²) in [5.41, 5.74) is 11.1. The summed E-state index contributed by atoms with van der Waals surface area (Å²) in [4.78, 5) is 3.53. The Morgan fingerprint density at radius 1 is 0.561 bits per heavy atom. The zero-order valence-electron chi connectivity index (χ0n) is 22.0. The van der Waals surface area contributed by atoms with E-state index in [1.54, 1.807) is 6.07 Å². The molecule has 0 saturated carbocycles. The van der Waals surface area contributed by atoms with Gasteiger partial charge in [0.15, 0.2) is 5.69 Å². The molecule has 0 spiro atoms. The Kier molecular flexibility index (Phi) is 5.90. The molecule has 0 saturated heterocycles. The summed E-state index contributed by atoms with van der Waals surface area (Å²) in [6.07, 6.45) is 0. The Morgan fingerprint density at radius 2 is 1.20 bits per heavy atom. The summed E-state index contributed by atoms with van der Waals surface area (Å²) >= 11 is 0. The largest absolute Gasteiger partial charge is 0.455 e. The van der Waals surface area contributed by atoms with E-state index in [0.29, 0.717) is 11.3 Å². The van der Waals surface area contributed by atoms with Crippen molar-refractivity contribution in [3.63, 3.8) is 0 Å². The summed E-state index contributed by atoms with van der Waals surface area (Å²) in [6.45, 7) is 7.40. The van der Waals surface area contributed by atoms with Crippen LogP contribution in [0.3, 0.4) is 0 Å². The number of benzene rings is 6. The van der Waals surface area contributed by atoms with Gasteiger partial charge in [-0.25, -0.2) is 4.85 Å². The predicted molar refractivity (Wildman–Crippen MR) is 166 cm³/mol. The van der Waals surface area contributed by atoms with E-state index >= 15 is 0 Å².